The molecule has 0 saturated carbocycles. The number of hydrogen-bond donors (Lipinski definition) is 1. The number of amides is 1. The number of benzene rings is 1. The van der Waals surface area contributed by atoms with Crippen LogP contribution < -0.4 is 14.8 Å². The molecule has 8 nitrogen and oxygen atoms in total. The summed E-state index contributed by atoms with van der Waals surface area (Å²) < 4.78 is 40.1. The van der Waals surface area contributed by atoms with Gasteiger partial charge in [-0.15, -0.1) is 0 Å². The monoisotopic (exact) mass is 479 g/mol. The lowest BCUT2D eigenvalue weighted by Crippen LogP contribution is -2.33. The van der Waals surface area contributed by atoms with Crippen molar-refractivity contribution < 1.29 is 22.7 Å². The highest BCUT2D eigenvalue weighted by Gasteiger charge is 2.27. The van der Waals surface area contributed by atoms with Crippen molar-refractivity contribution >= 4 is 15.9 Å². The van der Waals surface area contributed by atoms with Crippen LogP contribution in [-0.2, 0) is 17.1 Å². The van der Waals surface area contributed by atoms with E-state index in [0.29, 0.717) is 37.8 Å². The number of carbonyl (C=O) groups excluding carboxylic acids is 1. The van der Waals surface area contributed by atoms with E-state index in [1.807, 2.05) is 45.9 Å². The van der Waals surface area contributed by atoms with Crippen LogP contribution in [0.15, 0.2) is 35.4 Å². The molecule has 0 aliphatic carbocycles. The number of aromatic nitrogens is 1. The van der Waals surface area contributed by atoms with Gasteiger partial charge in [-0.2, -0.15) is 4.31 Å². The summed E-state index contributed by atoms with van der Waals surface area (Å²) in [7, 11) is -1.98. The predicted molar refractivity (Wildman–Crippen MR) is 129 cm³/mol. The molecular formula is C24H37N3O5S. The van der Waals surface area contributed by atoms with Gasteiger partial charge >= 0.3 is 0 Å². The Morgan fingerprint density at radius 1 is 1.03 bits per heavy atom. The minimum atomic E-state index is -3.65. The van der Waals surface area contributed by atoms with Crippen LogP contribution in [0.2, 0.25) is 0 Å². The van der Waals surface area contributed by atoms with E-state index in [2.05, 4.69) is 5.32 Å². The van der Waals surface area contributed by atoms with E-state index in [1.54, 1.807) is 25.5 Å². The molecule has 0 radical (unpaired) electrons. The summed E-state index contributed by atoms with van der Waals surface area (Å²) in [6.07, 6.45) is 1.48. The van der Waals surface area contributed by atoms with E-state index in [-0.39, 0.29) is 28.5 Å². The van der Waals surface area contributed by atoms with E-state index < -0.39 is 10.0 Å². The third kappa shape index (κ3) is 6.09. The van der Waals surface area contributed by atoms with Crippen LogP contribution in [0, 0.1) is 5.92 Å². The second-order valence-electron chi connectivity index (χ2n) is 8.03. The molecule has 2 rings (SSSR count). The number of sulfonamides is 1. The molecule has 0 fully saturated rings. The fourth-order valence-electron chi connectivity index (χ4n) is 3.72. The number of hydrogen-bond acceptors (Lipinski definition) is 5. The van der Waals surface area contributed by atoms with Crippen LogP contribution in [0.3, 0.4) is 0 Å². The van der Waals surface area contributed by atoms with Crippen LogP contribution in [0.25, 0.3) is 0 Å². The molecule has 1 aromatic heterocycles. The Kier molecular flexibility index (Phi) is 9.36. The van der Waals surface area contributed by atoms with E-state index >= 15 is 0 Å². The third-order valence-electron chi connectivity index (χ3n) is 5.44. The average Bonchev–Trinajstić information content (AvgIpc) is 3.16. The summed E-state index contributed by atoms with van der Waals surface area (Å²) in [5, 5.41) is 3.07. The summed E-state index contributed by atoms with van der Waals surface area (Å²) in [6, 6.07) is 6.79. The van der Waals surface area contributed by atoms with Crippen LogP contribution in [-0.4, -0.2) is 49.5 Å². The molecule has 184 valence electrons. The highest BCUT2D eigenvalue weighted by Crippen LogP contribution is 2.33. The average molecular weight is 480 g/mol. The van der Waals surface area contributed by atoms with E-state index in [0.717, 1.165) is 5.56 Å². The van der Waals surface area contributed by atoms with Gasteiger partial charge in [0.05, 0.1) is 19.3 Å². The first kappa shape index (κ1) is 26.7. The molecule has 33 heavy (non-hydrogen) atoms. The summed E-state index contributed by atoms with van der Waals surface area (Å²) in [5.41, 5.74) is 1.16. The van der Waals surface area contributed by atoms with Gasteiger partial charge in [0.2, 0.25) is 10.0 Å². The minimum absolute atomic E-state index is 0.0838. The van der Waals surface area contributed by atoms with Crippen molar-refractivity contribution in [2.75, 3.05) is 26.3 Å². The normalized spacial score (nSPS) is 12.8. The van der Waals surface area contributed by atoms with Gasteiger partial charge in [0.25, 0.3) is 5.91 Å². The van der Waals surface area contributed by atoms with Crippen LogP contribution >= 0.6 is 0 Å². The van der Waals surface area contributed by atoms with Crippen LogP contribution in [0.5, 0.6) is 11.5 Å². The zero-order valence-corrected chi connectivity index (χ0v) is 21.5. The lowest BCUT2D eigenvalue weighted by Gasteiger charge is -2.24. The van der Waals surface area contributed by atoms with Crippen molar-refractivity contribution in [1.82, 2.24) is 14.2 Å². The number of rotatable bonds is 12. The molecule has 2 aromatic rings. The fraction of sp³-hybridized carbons (Fsp3) is 0.542. The molecule has 1 unspecified atom stereocenters. The van der Waals surface area contributed by atoms with Crippen molar-refractivity contribution in [2.45, 2.75) is 52.5 Å². The van der Waals surface area contributed by atoms with Crippen LogP contribution in [0.1, 0.15) is 63.6 Å². The topological polar surface area (TPSA) is 89.9 Å². The standard InChI is InChI=1S/C24H37N3O5S/c1-8-27(9-2)33(29,30)19-15-20(26(7)16-19)24(28)25-23(17(5)6)18-12-13-21(31-10-3)22(14-18)32-11-4/h12-17,23H,8-11H2,1-7H3,(H,25,28). The molecule has 1 N–H and O–H groups in total. The Bertz CT molecular complexity index is 1040. The van der Waals surface area contributed by atoms with Crippen molar-refractivity contribution in [1.29, 1.82) is 0 Å². The maximum atomic E-state index is 13.2. The van der Waals surface area contributed by atoms with Crippen LogP contribution in [0.4, 0.5) is 0 Å². The Morgan fingerprint density at radius 2 is 1.64 bits per heavy atom. The van der Waals surface area contributed by atoms with Gasteiger partial charge < -0.3 is 19.4 Å². The summed E-state index contributed by atoms with van der Waals surface area (Å²) in [5.74, 6) is 1.03. The summed E-state index contributed by atoms with van der Waals surface area (Å²) in [4.78, 5) is 13.3. The van der Waals surface area contributed by atoms with Gasteiger partial charge in [0.15, 0.2) is 11.5 Å². The summed E-state index contributed by atoms with van der Waals surface area (Å²) >= 11 is 0. The molecule has 9 heteroatoms. The Morgan fingerprint density at radius 3 is 2.18 bits per heavy atom. The van der Waals surface area contributed by atoms with Gasteiger partial charge in [-0.3, -0.25) is 4.79 Å². The maximum absolute atomic E-state index is 13.2. The molecule has 1 atom stereocenters. The molecule has 1 heterocycles. The first-order valence-corrected chi connectivity index (χ1v) is 12.9. The number of ether oxygens (including phenoxy) is 2. The second kappa shape index (κ2) is 11.6. The smallest absolute Gasteiger partial charge is 0.268 e. The SMILES string of the molecule is CCOc1ccc(C(NC(=O)c2cc(S(=O)(=O)N(CC)CC)cn2C)C(C)C)cc1OCC. The van der Waals surface area contributed by atoms with Gasteiger partial charge in [0.1, 0.15) is 10.6 Å². The predicted octanol–water partition coefficient (Wildman–Crippen LogP) is 3.98. The zero-order chi connectivity index (χ0) is 24.8. The lowest BCUT2D eigenvalue weighted by molar-refractivity contribution is 0.0917. The molecule has 0 spiro atoms. The second-order valence-corrected chi connectivity index (χ2v) is 9.97. The Labute approximate surface area is 197 Å². The van der Waals surface area contributed by atoms with E-state index in [1.165, 1.54) is 16.6 Å². The number of carbonyl (C=O) groups is 1. The van der Waals surface area contributed by atoms with E-state index in [9.17, 15) is 13.2 Å². The molecular weight excluding hydrogens is 442 g/mol. The van der Waals surface area contributed by atoms with E-state index in [4.69, 9.17) is 9.47 Å². The molecule has 0 bridgehead atoms. The largest absolute Gasteiger partial charge is 0.490 e. The number of aryl methyl sites for hydroxylation is 1. The van der Waals surface area contributed by atoms with Gasteiger partial charge in [0, 0.05) is 26.3 Å². The Hall–Kier alpha value is -2.52. The fourth-order valence-corrected chi connectivity index (χ4v) is 5.25. The van der Waals surface area contributed by atoms with Gasteiger partial charge in [-0.1, -0.05) is 33.8 Å². The molecule has 0 aliphatic heterocycles. The van der Waals surface area contributed by atoms with Crippen molar-refractivity contribution in [3.05, 3.63) is 41.7 Å². The minimum Gasteiger partial charge on any atom is -0.490 e. The molecule has 0 aliphatic rings. The van der Waals surface area contributed by atoms with Crippen molar-refractivity contribution in [2.24, 2.45) is 13.0 Å². The highest BCUT2D eigenvalue weighted by molar-refractivity contribution is 7.89. The molecule has 1 amide bonds. The first-order valence-electron chi connectivity index (χ1n) is 11.5. The lowest BCUT2D eigenvalue weighted by atomic mass is 9.95. The van der Waals surface area contributed by atoms with Gasteiger partial charge in [-0.05, 0) is 43.5 Å². The Balaban J connectivity index is 2.36. The number of nitrogens with one attached hydrogen (secondary N) is 1. The number of nitrogens with zero attached hydrogens (tertiary/aromatic N) is 2. The van der Waals surface area contributed by atoms with Crippen molar-refractivity contribution in [3.63, 3.8) is 0 Å². The highest BCUT2D eigenvalue weighted by atomic mass is 32.2. The maximum Gasteiger partial charge on any atom is 0.268 e. The zero-order valence-electron chi connectivity index (χ0n) is 20.7. The quantitative estimate of drug-likeness (QED) is 0.497. The molecule has 0 saturated heterocycles. The first-order chi connectivity index (χ1) is 15.6. The third-order valence-corrected chi connectivity index (χ3v) is 7.45. The van der Waals surface area contributed by atoms with Gasteiger partial charge in [-0.25, -0.2) is 8.42 Å². The molecule has 1 aromatic carbocycles. The van der Waals surface area contributed by atoms with Crippen molar-refractivity contribution in [3.8, 4) is 11.5 Å². The summed E-state index contributed by atoms with van der Waals surface area (Å²) in [6.45, 7) is 13.2.